The summed E-state index contributed by atoms with van der Waals surface area (Å²) in [5.74, 6) is -1.50. The Hall–Kier alpha value is -2.75. The highest BCUT2D eigenvalue weighted by Gasteiger charge is 2.35. The maximum absolute atomic E-state index is 13.8. The van der Waals surface area contributed by atoms with Crippen molar-refractivity contribution in [3.63, 3.8) is 0 Å². The highest BCUT2D eigenvalue weighted by atomic mass is 19.1. The van der Waals surface area contributed by atoms with E-state index in [1.165, 1.54) is 18.2 Å². The summed E-state index contributed by atoms with van der Waals surface area (Å²) >= 11 is 0. The number of amides is 1. The van der Waals surface area contributed by atoms with E-state index in [0.717, 1.165) is 5.56 Å². The smallest absolute Gasteiger partial charge is 0.232 e. The van der Waals surface area contributed by atoms with Gasteiger partial charge in [-0.05, 0) is 30.7 Å². The first-order chi connectivity index (χ1) is 11.6. The number of halogens is 1. The van der Waals surface area contributed by atoms with Gasteiger partial charge in [0.25, 0.3) is 0 Å². The van der Waals surface area contributed by atoms with Crippen molar-refractivity contribution in [3.05, 3.63) is 77.6 Å². The molecule has 1 aliphatic rings. The van der Waals surface area contributed by atoms with Gasteiger partial charge in [0, 0.05) is 12.3 Å². The molecule has 2 unspecified atom stereocenters. The zero-order valence-electron chi connectivity index (χ0n) is 13.3. The third kappa shape index (κ3) is 3.27. The van der Waals surface area contributed by atoms with E-state index >= 15 is 0 Å². The Morgan fingerprint density at radius 1 is 1.08 bits per heavy atom. The third-order valence-electron chi connectivity index (χ3n) is 4.34. The van der Waals surface area contributed by atoms with E-state index in [1.54, 1.807) is 19.1 Å². The quantitative estimate of drug-likeness (QED) is 0.925. The molecule has 3 nitrogen and oxygen atoms in total. The summed E-state index contributed by atoms with van der Waals surface area (Å²) in [6, 6.07) is 15.6. The zero-order valence-corrected chi connectivity index (χ0v) is 13.3. The van der Waals surface area contributed by atoms with Gasteiger partial charge in [0.05, 0.1) is 11.6 Å². The largest absolute Gasteiger partial charge is 0.323 e. The van der Waals surface area contributed by atoms with E-state index in [1.807, 2.05) is 30.3 Å². The zero-order chi connectivity index (χ0) is 17.1. The number of rotatable bonds is 3. The summed E-state index contributed by atoms with van der Waals surface area (Å²) in [6.45, 7) is 1.78. The topological polar surface area (TPSA) is 46.2 Å². The van der Waals surface area contributed by atoms with Gasteiger partial charge in [-0.25, -0.2) is 4.39 Å². The van der Waals surface area contributed by atoms with Gasteiger partial charge in [-0.1, -0.05) is 48.0 Å². The van der Waals surface area contributed by atoms with Crippen LogP contribution in [0.5, 0.6) is 0 Å². The standard InChI is InChI=1S/C20H18FNO2/c1-13-11-15(23)12-16(14-7-3-2-4-8-14)19(13)20(24)22-18-10-6-5-9-17(18)21/h2-11,16,19H,12H2,1H3,(H,22,24). The second-order valence-electron chi connectivity index (χ2n) is 6.02. The molecular formula is C20H18FNO2. The molecule has 24 heavy (non-hydrogen) atoms. The fourth-order valence-electron chi connectivity index (χ4n) is 3.23. The predicted octanol–water partition coefficient (Wildman–Crippen LogP) is 4.08. The lowest BCUT2D eigenvalue weighted by Crippen LogP contribution is -2.33. The van der Waals surface area contributed by atoms with Gasteiger partial charge in [-0.15, -0.1) is 0 Å². The molecule has 3 rings (SSSR count). The summed E-state index contributed by atoms with van der Waals surface area (Å²) in [5.41, 5.74) is 1.79. The van der Waals surface area contributed by atoms with E-state index in [4.69, 9.17) is 0 Å². The van der Waals surface area contributed by atoms with E-state index in [0.29, 0.717) is 5.57 Å². The summed E-state index contributed by atoms with van der Waals surface area (Å²) in [5, 5.41) is 2.66. The summed E-state index contributed by atoms with van der Waals surface area (Å²) in [6.07, 6.45) is 1.79. The van der Waals surface area contributed by atoms with Gasteiger partial charge in [0.1, 0.15) is 5.82 Å². The maximum Gasteiger partial charge on any atom is 0.232 e. The molecule has 0 saturated heterocycles. The van der Waals surface area contributed by atoms with Crippen LogP contribution in [0.2, 0.25) is 0 Å². The molecule has 0 saturated carbocycles. The van der Waals surface area contributed by atoms with Crippen molar-refractivity contribution >= 4 is 17.4 Å². The summed E-state index contributed by atoms with van der Waals surface area (Å²) < 4.78 is 13.8. The number of anilines is 1. The molecule has 122 valence electrons. The van der Waals surface area contributed by atoms with Crippen LogP contribution in [0.1, 0.15) is 24.8 Å². The van der Waals surface area contributed by atoms with Crippen molar-refractivity contribution in [1.82, 2.24) is 0 Å². The minimum atomic E-state index is -0.496. The highest BCUT2D eigenvalue weighted by molar-refractivity contribution is 6.00. The Bertz CT molecular complexity index is 798. The number of para-hydroxylation sites is 1. The van der Waals surface area contributed by atoms with Crippen LogP contribution in [0, 0.1) is 11.7 Å². The molecule has 0 heterocycles. The first-order valence-electron chi connectivity index (χ1n) is 7.87. The van der Waals surface area contributed by atoms with Gasteiger partial charge in [0.15, 0.2) is 5.78 Å². The van der Waals surface area contributed by atoms with Crippen LogP contribution in [-0.4, -0.2) is 11.7 Å². The minimum Gasteiger partial charge on any atom is -0.323 e. The lowest BCUT2D eigenvalue weighted by molar-refractivity contribution is -0.121. The van der Waals surface area contributed by atoms with Crippen molar-refractivity contribution in [2.75, 3.05) is 5.32 Å². The van der Waals surface area contributed by atoms with E-state index < -0.39 is 11.7 Å². The molecule has 0 aliphatic heterocycles. The number of benzene rings is 2. The number of allylic oxidation sites excluding steroid dienone is 1. The average Bonchev–Trinajstić information content (AvgIpc) is 2.57. The van der Waals surface area contributed by atoms with E-state index in [-0.39, 0.29) is 29.7 Å². The number of carbonyl (C=O) groups is 2. The number of nitrogens with one attached hydrogen (secondary N) is 1. The van der Waals surface area contributed by atoms with Crippen LogP contribution in [0.4, 0.5) is 10.1 Å². The molecule has 1 amide bonds. The maximum atomic E-state index is 13.8. The summed E-state index contributed by atoms with van der Waals surface area (Å²) in [4.78, 5) is 24.8. The van der Waals surface area contributed by atoms with Gasteiger partial charge < -0.3 is 5.32 Å². The Morgan fingerprint density at radius 2 is 1.75 bits per heavy atom. The SMILES string of the molecule is CC1=CC(=O)CC(c2ccccc2)C1C(=O)Nc1ccccc1F. The third-order valence-corrected chi connectivity index (χ3v) is 4.34. The van der Waals surface area contributed by atoms with Crippen LogP contribution >= 0.6 is 0 Å². The lowest BCUT2D eigenvalue weighted by atomic mass is 9.74. The van der Waals surface area contributed by atoms with E-state index in [2.05, 4.69) is 5.32 Å². The molecule has 4 heteroatoms. The molecule has 0 bridgehead atoms. The number of hydrogen-bond acceptors (Lipinski definition) is 2. The van der Waals surface area contributed by atoms with Crippen molar-refractivity contribution in [1.29, 1.82) is 0 Å². The fraction of sp³-hybridized carbons (Fsp3) is 0.200. The molecule has 2 atom stereocenters. The Morgan fingerprint density at radius 3 is 2.46 bits per heavy atom. The first-order valence-corrected chi connectivity index (χ1v) is 7.87. The molecule has 1 N–H and O–H groups in total. The number of carbonyl (C=O) groups excluding carboxylic acids is 2. The van der Waals surface area contributed by atoms with Crippen molar-refractivity contribution < 1.29 is 14.0 Å². The molecule has 0 fully saturated rings. The van der Waals surface area contributed by atoms with Gasteiger partial charge in [-0.3, -0.25) is 9.59 Å². The molecule has 1 aliphatic carbocycles. The summed E-state index contributed by atoms with van der Waals surface area (Å²) in [7, 11) is 0. The molecular weight excluding hydrogens is 305 g/mol. The first kappa shape index (κ1) is 16.1. The highest BCUT2D eigenvalue weighted by Crippen LogP contribution is 2.37. The number of ketones is 1. The second kappa shape index (κ2) is 6.79. The molecule has 2 aromatic carbocycles. The lowest BCUT2D eigenvalue weighted by Gasteiger charge is -2.30. The van der Waals surface area contributed by atoms with Gasteiger partial charge in [-0.2, -0.15) is 0 Å². The van der Waals surface area contributed by atoms with Gasteiger partial charge >= 0.3 is 0 Å². The minimum absolute atomic E-state index is 0.0105. The Kier molecular flexibility index (Phi) is 4.56. The predicted molar refractivity (Wildman–Crippen MR) is 91.1 cm³/mol. The molecule has 2 aromatic rings. The monoisotopic (exact) mass is 323 g/mol. The van der Waals surface area contributed by atoms with Gasteiger partial charge in [0.2, 0.25) is 5.91 Å². The van der Waals surface area contributed by atoms with Crippen LogP contribution in [0.25, 0.3) is 0 Å². The molecule has 0 spiro atoms. The normalized spacial score (nSPS) is 20.4. The van der Waals surface area contributed by atoms with E-state index in [9.17, 15) is 14.0 Å². The van der Waals surface area contributed by atoms with Crippen LogP contribution < -0.4 is 5.32 Å². The Labute approximate surface area is 140 Å². The van der Waals surface area contributed by atoms with Crippen molar-refractivity contribution in [2.24, 2.45) is 5.92 Å². The molecule has 0 aromatic heterocycles. The second-order valence-corrected chi connectivity index (χ2v) is 6.02. The Balaban J connectivity index is 1.92. The average molecular weight is 323 g/mol. The van der Waals surface area contributed by atoms with Crippen molar-refractivity contribution in [3.8, 4) is 0 Å². The van der Waals surface area contributed by atoms with Crippen LogP contribution in [-0.2, 0) is 9.59 Å². The fourth-order valence-corrected chi connectivity index (χ4v) is 3.23. The van der Waals surface area contributed by atoms with Crippen LogP contribution in [0.15, 0.2) is 66.2 Å². The van der Waals surface area contributed by atoms with Crippen molar-refractivity contribution in [2.45, 2.75) is 19.3 Å². The van der Waals surface area contributed by atoms with Crippen LogP contribution in [0.3, 0.4) is 0 Å². The number of hydrogen-bond donors (Lipinski definition) is 1. The molecule has 0 radical (unpaired) electrons.